The molecule has 0 spiro atoms. The Morgan fingerprint density at radius 3 is 3.00 bits per heavy atom. The van der Waals surface area contributed by atoms with E-state index in [4.69, 9.17) is 4.42 Å². The fourth-order valence-electron chi connectivity index (χ4n) is 2.12. The Bertz CT molecular complexity index is 820. The smallest absolute Gasteiger partial charge is 0.194 e. The molecule has 0 aliphatic carbocycles. The minimum Gasteiger partial charge on any atom is -0.454 e. The maximum atomic E-state index is 5.82. The molecule has 88 valence electrons. The molecular weight excluding hydrogens is 244 g/mol. The number of hydrogen-bond acceptors (Lipinski definition) is 3. The lowest BCUT2D eigenvalue weighted by Gasteiger charge is -1.87. The second kappa shape index (κ2) is 3.46. The highest BCUT2D eigenvalue weighted by molar-refractivity contribution is 7.15. The Hall–Kier alpha value is -2.07. The Kier molecular flexibility index (Phi) is 1.91. The maximum absolute atomic E-state index is 5.82. The maximum Gasteiger partial charge on any atom is 0.194 e. The molecule has 4 aromatic rings. The molecule has 0 aliphatic heterocycles. The lowest BCUT2D eigenvalue weighted by molar-refractivity contribution is 0.629. The second-order valence-corrected chi connectivity index (χ2v) is 5.14. The van der Waals surface area contributed by atoms with E-state index < -0.39 is 0 Å². The number of para-hydroxylation sites is 1. The Labute approximate surface area is 107 Å². The fourth-order valence-corrected chi connectivity index (χ4v) is 2.97. The van der Waals surface area contributed by atoms with Gasteiger partial charge in [0, 0.05) is 22.7 Å². The SMILES string of the molecule is Cc1csc2nc(-c3cc4ccccc4o3)cn12. The van der Waals surface area contributed by atoms with E-state index in [9.17, 15) is 0 Å². The number of benzene rings is 1. The predicted octanol–water partition coefficient (Wildman–Crippen LogP) is 4.12. The molecule has 18 heavy (non-hydrogen) atoms. The van der Waals surface area contributed by atoms with Crippen LogP contribution >= 0.6 is 11.3 Å². The van der Waals surface area contributed by atoms with Gasteiger partial charge >= 0.3 is 0 Å². The van der Waals surface area contributed by atoms with Gasteiger partial charge in [-0.15, -0.1) is 11.3 Å². The highest BCUT2D eigenvalue weighted by Crippen LogP contribution is 2.28. The zero-order chi connectivity index (χ0) is 12.1. The first kappa shape index (κ1) is 9.91. The number of aromatic nitrogens is 2. The van der Waals surface area contributed by atoms with E-state index in [0.29, 0.717) is 0 Å². The van der Waals surface area contributed by atoms with Gasteiger partial charge < -0.3 is 4.42 Å². The summed E-state index contributed by atoms with van der Waals surface area (Å²) < 4.78 is 7.91. The lowest BCUT2D eigenvalue weighted by Crippen LogP contribution is -1.77. The van der Waals surface area contributed by atoms with Crippen molar-refractivity contribution in [2.45, 2.75) is 6.92 Å². The van der Waals surface area contributed by atoms with Crippen LogP contribution in [0.15, 0.2) is 46.3 Å². The number of rotatable bonds is 1. The van der Waals surface area contributed by atoms with Crippen LogP contribution < -0.4 is 0 Å². The first-order valence-electron chi connectivity index (χ1n) is 5.73. The summed E-state index contributed by atoms with van der Waals surface area (Å²) in [4.78, 5) is 5.59. The summed E-state index contributed by atoms with van der Waals surface area (Å²) in [7, 11) is 0. The number of hydrogen-bond donors (Lipinski definition) is 0. The summed E-state index contributed by atoms with van der Waals surface area (Å²) in [5, 5.41) is 3.21. The van der Waals surface area contributed by atoms with Crippen LogP contribution in [0.5, 0.6) is 0 Å². The molecule has 3 nitrogen and oxygen atoms in total. The Balaban J connectivity index is 1.95. The molecule has 0 unspecified atom stereocenters. The first-order chi connectivity index (χ1) is 8.81. The van der Waals surface area contributed by atoms with E-state index in [2.05, 4.69) is 21.7 Å². The predicted molar refractivity (Wildman–Crippen MR) is 73.0 cm³/mol. The molecule has 0 N–H and O–H groups in total. The van der Waals surface area contributed by atoms with Crippen molar-refractivity contribution in [3.8, 4) is 11.5 Å². The highest BCUT2D eigenvalue weighted by Gasteiger charge is 2.11. The minimum absolute atomic E-state index is 0.825. The normalized spacial score (nSPS) is 11.6. The number of imidazole rings is 1. The van der Waals surface area contributed by atoms with Gasteiger partial charge in [-0.1, -0.05) is 18.2 Å². The topological polar surface area (TPSA) is 30.4 Å². The fraction of sp³-hybridized carbons (Fsp3) is 0.0714. The molecule has 0 saturated carbocycles. The Morgan fingerprint density at radius 2 is 2.17 bits per heavy atom. The monoisotopic (exact) mass is 254 g/mol. The van der Waals surface area contributed by atoms with Crippen LogP contribution in [0, 0.1) is 6.92 Å². The summed E-state index contributed by atoms with van der Waals surface area (Å²) in [5.41, 5.74) is 2.99. The molecule has 3 aromatic heterocycles. The van der Waals surface area contributed by atoms with Crippen molar-refractivity contribution in [1.29, 1.82) is 0 Å². The van der Waals surface area contributed by atoms with Crippen LogP contribution in [0.4, 0.5) is 0 Å². The summed E-state index contributed by atoms with van der Waals surface area (Å²) in [6.45, 7) is 2.08. The van der Waals surface area contributed by atoms with Gasteiger partial charge in [0.25, 0.3) is 0 Å². The van der Waals surface area contributed by atoms with Gasteiger partial charge in [-0.25, -0.2) is 4.98 Å². The van der Waals surface area contributed by atoms with Gasteiger partial charge in [0.1, 0.15) is 11.3 Å². The average Bonchev–Trinajstić information content (AvgIpc) is 3.04. The third-order valence-corrected chi connectivity index (χ3v) is 4.02. The van der Waals surface area contributed by atoms with Crippen molar-refractivity contribution in [2.24, 2.45) is 0 Å². The molecule has 0 bridgehead atoms. The third kappa shape index (κ3) is 1.32. The molecule has 0 atom stereocenters. The number of fused-ring (bicyclic) bond motifs is 2. The number of aryl methyl sites for hydroxylation is 1. The molecule has 0 saturated heterocycles. The van der Waals surface area contributed by atoms with E-state index in [1.54, 1.807) is 11.3 Å². The zero-order valence-electron chi connectivity index (χ0n) is 9.75. The van der Waals surface area contributed by atoms with Crippen molar-refractivity contribution < 1.29 is 4.42 Å². The quantitative estimate of drug-likeness (QED) is 0.511. The van der Waals surface area contributed by atoms with Gasteiger partial charge in [-0.2, -0.15) is 0 Å². The van der Waals surface area contributed by atoms with E-state index in [1.807, 2.05) is 36.5 Å². The zero-order valence-corrected chi connectivity index (χ0v) is 10.6. The summed E-state index contributed by atoms with van der Waals surface area (Å²) >= 11 is 1.65. The van der Waals surface area contributed by atoms with Crippen molar-refractivity contribution in [1.82, 2.24) is 9.38 Å². The van der Waals surface area contributed by atoms with Crippen molar-refractivity contribution >= 4 is 27.3 Å². The van der Waals surface area contributed by atoms with E-state index >= 15 is 0 Å². The van der Waals surface area contributed by atoms with Crippen molar-refractivity contribution in [2.75, 3.05) is 0 Å². The molecule has 0 aliphatic rings. The van der Waals surface area contributed by atoms with Crippen molar-refractivity contribution in [3.63, 3.8) is 0 Å². The molecular formula is C14H10N2OS. The minimum atomic E-state index is 0.825. The van der Waals surface area contributed by atoms with Gasteiger partial charge in [0.05, 0.1) is 0 Å². The number of thiazole rings is 1. The summed E-state index contributed by atoms with van der Waals surface area (Å²) in [6.07, 6.45) is 2.03. The van der Waals surface area contributed by atoms with Crippen LogP contribution in [0.2, 0.25) is 0 Å². The second-order valence-electron chi connectivity index (χ2n) is 4.30. The molecule has 3 heterocycles. The van der Waals surface area contributed by atoms with Crippen molar-refractivity contribution in [3.05, 3.63) is 47.6 Å². The average molecular weight is 254 g/mol. The van der Waals surface area contributed by atoms with Crippen LogP contribution in [0.1, 0.15) is 5.69 Å². The number of furan rings is 1. The van der Waals surface area contributed by atoms with Gasteiger partial charge in [0.15, 0.2) is 10.7 Å². The van der Waals surface area contributed by atoms with Gasteiger partial charge in [0.2, 0.25) is 0 Å². The molecule has 0 radical (unpaired) electrons. The molecule has 4 heteroatoms. The largest absolute Gasteiger partial charge is 0.454 e. The van der Waals surface area contributed by atoms with Gasteiger partial charge in [-0.3, -0.25) is 4.40 Å². The first-order valence-corrected chi connectivity index (χ1v) is 6.61. The van der Waals surface area contributed by atoms with Crippen LogP contribution in [-0.2, 0) is 0 Å². The molecule has 4 rings (SSSR count). The summed E-state index contributed by atoms with van der Waals surface area (Å²) in [5.74, 6) is 0.825. The van der Waals surface area contributed by atoms with Gasteiger partial charge in [-0.05, 0) is 19.1 Å². The molecule has 0 amide bonds. The third-order valence-electron chi connectivity index (χ3n) is 3.07. The number of nitrogens with zero attached hydrogens (tertiary/aromatic N) is 2. The Morgan fingerprint density at radius 1 is 1.28 bits per heavy atom. The molecule has 0 fully saturated rings. The lowest BCUT2D eigenvalue weighted by atomic mass is 10.2. The van der Waals surface area contributed by atoms with E-state index in [1.165, 1.54) is 5.69 Å². The van der Waals surface area contributed by atoms with E-state index in [-0.39, 0.29) is 0 Å². The van der Waals surface area contributed by atoms with Crippen LogP contribution in [0.25, 0.3) is 27.4 Å². The summed E-state index contributed by atoms with van der Waals surface area (Å²) in [6, 6.07) is 10.1. The standard InChI is InChI=1S/C14H10N2OS/c1-9-8-18-14-15-11(7-16(9)14)13-6-10-4-2-3-5-12(10)17-13/h2-8H,1H3. The van der Waals surface area contributed by atoms with E-state index in [0.717, 1.165) is 27.4 Å². The molecule has 1 aromatic carbocycles. The highest BCUT2D eigenvalue weighted by atomic mass is 32.1. The van der Waals surface area contributed by atoms with Crippen LogP contribution in [-0.4, -0.2) is 9.38 Å². The van der Waals surface area contributed by atoms with Crippen LogP contribution in [0.3, 0.4) is 0 Å².